The van der Waals surface area contributed by atoms with E-state index in [0.29, 0.717) is 6.61 Å². The second-order valence-corrected chi connectivity index (χ2v) is 7.71. The standard InChI is InChI=1S/C22H36N4O2/c1-17-20(18(2)24-23-17)11-8-14-26(5)16-19-10-7-12-21(27-6)22(19)28-15-9-13-25(3)4/h7,10,12H,8-9,11,13-16H2,1-6H3,(H,23,24). The van der Waals surface area contributed by atoms with Crippen LogP contribution in [0.1, 0.15) is 35.4 Å². The molecular formula is C22H36N4O2. The van der Waals surface area contributed by atoms with Gasteiger partial charge in [-0.15, -0.1) is 0 Å². The Morgan fingerprint density at radius 1 is 1.07 bits per heavy atom. The van der Waals surface area contributed by atoms with Crippen LogP contribution in [0.2, 0.25) is 0 Å². The largest absolute Gasteiger partial charge is 0.493 e. The lowest BCUT2D eigenvalue weighted by molar-refractivity contribution is 0.257. The summed E-state index contributed by atoms with van der Waals surface area (Å²) in [7, 11) is 8.02. The van der Waals surface area contributed by atoms with Crippen LogP contribution >= 0.6 is 0 Å². The summed E-state index contributed by atoms with van der Waals surface area (Å²) in [5.74, 6) is 1.68. The van der Waals surface area contributed by atoms with Crippen molar-refractivity contribution >= 4 is 0 Å². The molecule has 2 rings (SSSR count). The summed E-state index contributed by atoms with van der Waals surface area (Å²) >= 11 is 0. The van der Waals surface area contributed by atoms with E-state index in [9.17, 15) is 0 Å². The smallest absolute Gasteiger partial charge is 0.165 e. The topological polar surface area (TPSA) is 53.6 Å². The van der Waals surface area contributed by atoms with E-state index in [4.69, 9.17) is 9.47 Å². The molecule has 0 saturated heterocycles. The molecule has 0 radical (unpaired) electrons. The van der Waals surface area contributed by atoms with Gasteiger partial charge >= 0.3 is 0 Å². The molecule has 6 heteroatoms. The molecule has 28 heavy (non-hydrogen) atoms. The molecule has 0 bridgehead atoms. The van der Waals surface area contributed by atoms with Crippen molar-refractivity contribution in [3.63, 3.8) is 0 Å². The highest BCUT2D eigenvalue weighted by Gasteiger charge is 2.13. The molecule has 0 fully saturated rings. The lowest BCUT2D eigenvalue weighted by Crippen LogP contribution is -2.21. The summed E-state index contributed by atoms with van der Waals surface area (Å²) in [4.78, 5) is 4.51. The van der Waals surface area contributed by atoms with Crippen molar-refractivity contribution in [2.45, 2.75) is 39.7 Å². The van der Waals surface area contributed by atoms with Crippen molar-refractivity contribution < 1.29 is 9.47 Å². The highest BCUT2D eigenvalue weighted by atomic mass is 16.5. The van der Waals surface area contributed by atoms with E-state index in [1.807, 2.05) is 12.1 Å². The van der Waals surface area contributed by atoms with E-state index in [1.54, 1.807) is 7.11 Å². The van der Waals surface area contributed by atoms with Crippen LogP contribution in [0, 0.1) is 13.8 Å². The first-order chi connectivity index (χ1) is 13.4. The van der Waals surface area contributed by atoms with Gasteiger partial charge in [0.25, 0.3) is 0 Å². The Balaban J connectivity index is 1.92. The number of aromatic nitrogens is 2. The number of aryl methyl sites for hydroxylation is 2. The summed E-state index contributed by atoms with van der Waals surface area (Å²) < 4.78 is 11.7. The summed E-state index contributed by atoms with van der Waals surface area (Å²) in [5.41, 5.74) is 4.81. The summed E-state index contributed by atoms with van der Waals surface area (Å²) in [5, 5.41) is 7.36. The van der Waals surface area contributed by atoms with Crippen molar-refractivity contribution in [2.24, 2.45) is 0 Å². The predicted molar refractivity (Wildman–Crippen MR) is 114 cm³/mol. The monoisotopic (exact) mass is 388 g/mol. The van der Waals surface area contributed by atoms with Gasteiger partial charge in [-0.1, -0.05) is 12.1 Å². The fourth-order valence-corrected chi connectivity index (χ4v) is 3.40. The number of nitrogens with zero attached hydrogens (tertiary/aromatic N) is 3. The van der Waals surface area contributed by atoms with Crippen molar-refractivity contribution in [1.29, 1.82) is 0 Å². The Kier molecular flexibility index (Phi) is 8.80. The molecule has 0 amide bonds. The average molecular weight is 389 g/mol. The SMILES string of the molecule is COc1cccc(CN(C)CCCc2c(C)n[nH]c2C)c1OCCCN(C)C. The first-order valence-electron chi connectivity index (χ1n) is 10.0. The lowest BCUT2D eigenvalue weighted by atomic mass is 10.1. The Hall–Kier alpha value is -2.05. The van der Waals surface area contributed by atoms with Crippen LogP contribution < -0.4 is 9.47 Å². The molecule has 1 aromatic carbocycles. The molecule has 0 spiro atoms. The van der Waals surface area contributed by atoms with Crippen molar-refractivity contribution in [3.05, 3.63) is 40.7 Å². The second kappa shape index (κ2) is 11.1. The van der Waals surface area contributed by atoms with Gasteiger partial charge in [0.05, 0.1) is 19.4 Å². The maximum absolute atomic E-state index is 6.11. The summed E-state index contributed by atoms with van der Waals surface area (Å²) in [6.45, 7) is 7.71. The highest BCUT2D eigenvalue weighted by Crippen LogP contribution is 2.32. The third-order valence-corrected chi connectivity index (χ3v) is 4.96. The van der Waals surface area contributed by atoms with Crippen molar-refractivity contribution in [3.8, 4) is 11.5 Å². The number of nitrogens with one attached hydrogen (secondary N) is 1. The predicted octanol–water partition coefficient (Wildman–Crippen LogP) is 3.43. The maximum Gasteiger partial charge on any atom is 0.165 e. The van der Waals surface area contributed by atoms with E-state index in [2.05, 4.69) is 61.1 Å². The Morgan fingerprint density at radius 3 is 2.50 bits per heavy atom. The first kappa shape index (κ1) is 22.2. The molecule has 0 aliphatic carbocycles. The van der Waals surface area contributed by atoms with Gasteiger partial charge in [-0.05, 0) is 72.4 Å². The van der Waals surface area contributed by atoms with Crippen LogP contribution in [0.15, 0.2) is 18.2 Å². The van der Waals surface area contributed by atoms with E-state index in [-0.39, 0.29) is 0 Å². The van der Waals surface area contributed by atoms with Crippen LogP contribution in [0.3, 0.4) is 0 Å². The van der Waals surface area contributed by atoms with Gasteiger partial charge < -0.3 is 19.3 Å². The van der Waals surface area contributed by atoms with E-state index >= 15 is 0 Å². The van der Waals surface area contributed by atoms with E-state index in [0.717, 1.165) is 56.1 Å². The average Bonchev–Trinajstić information content (AvgIpc) is 2.97. The Bertz CT molecular complexity index is 708. The minimum absolute atomic E-state index is 0.689. The van der Waals surface area contributed by atoms with Gasteiger partial charge in [0.2, 0.25) is 0 Å². The zero-order chi connectivity index (χ0) is 20.5. The molecule has 6 nitrogen and oxygen atoms in total. The minimum atomic E-state index is 0.689. The van der Waals surface area contributed by atoms with Crippen LogP contribution in [-0.2, 0) is 13.0 Å². The van der Waals surface area contributed by atoms with Gasteiger partial charge in [-0.2, -0.15) is 5.10 Å². The Labute approximate surface area is 169 Å². The van der Waals surface area contributed by atoms with Gasteiger partial charge in [-0.3, -0.25) is 5.10 Å². The summed E-state index contributed by atoms with van der Waals surface area (Å²) in [6.07, 6.45) is 3.13. The molecule has 156 valence electrons. The zero-order valence-corrected chi connectivity index (χ0v) is 18.3. The zero-order valence-electron chi connectivity index (χ0n) is 18.3. The van der Waals surface area contributed by atoms with Crippen molar-refractivity contribution in [2.75, 3.05) is 47.9 Å². The Morgan fingerprint density at radius 2 is 1.86 bits per heavy atom. The van der Waals surface area contributed by atoms with Crippen molar-refractivity contribution in [1.82, 2.24) is 20.0 Å². The molecule has 1 heterocycles. The van der Waals surface area contributed by atoms with Crippen LogP contribution in [0.4, 0.5) is 0 Å². The number of methoxy groups -OCH3 is 1. The molecule has 0 aliphatic heterocycles. The van der Waals surface area contributed by atoms with Gasteiger partial charge in [0, 0.05) is 24.3 Å². The number of rotatable bonds is 12. The first-order valence-corrected chi connectivity index (χ1v) is 10.0. The molecule has 2 aromatic rings. The maximum atomic E-state index is 6.11. The van der Waals surface area contributed by atoms with Crippen LogP contribution in [0.5, 0.6) is 11.5 Å². The number of ether oxygens (including phenoxy) is 2. The minimum Gasteiger partial charge on any atom is -0.493 e. The van der Waals surface area contributed by atoms with E-state index < -0.39 is 0 Å². The highest BCUT2D eigenvalue weighted by molar-refractivity contribution is 5.46. The normalized spacial score (nSPS) is 11.4. The van der Waals surface area contributed by atoms with Gasteiger partial charge in [0.15, 0.2) is 11.5 Å². The number of aromatic amines is 1. The molecule has 1 aromatic heterocycles. The van der Waals surface area contributed by atoms with Crippen LogP contribution in [-0.4, -0.2) is 67.9 Å². The number of H-pyrrole nitrogens is 1. The molecule has 0 atom stereocenters. The second-order valence-electron chi connectivity index (χ2n) is 7.71. The van der Waals surface area contributed by atoms with Gasteiger partial charge in [0.1, 0.15) is 0 Å². The van der Waals surface area contributed by atoms with Crippen LogP contribution in [0.25, 0.3) is 0 Å². The number of hydrogen-bond acceptors (Lipinski definition) is 5. The molecule has 0 saturated carbocycles. The fraction of sp³-hybridized carbons (Fsp3) is 0.591. The van der Waals surface area contributed by atoms with Gasteiger partial charge in [-0.25, -0.2) is 0 Å². The quantitative estimate of drug-likeness (QED) is 0.565. The number of hydrogen-bond donors (Lipinski definition) is 1. The number of para-hydroxylation sites is 1. The third kappa shape index (κ3) is 6.53. The summed E-state index contributed by atoms with van der Waals surface area (Å²) in [6, 6.07) is 6.13. The number of benzene rings is 1. The molecule has 0 unspecified atom stereocenters. The third-order valence-electron chi connectivity index (χ3n) is 4.96. The molecule has 1 N–H and O–H groups in total. The fourth-order valence-electron chi connectivity index (χ4n) is 3.40. The van der Waals surface area contributed by atoms with E-state index in [1.165, 1.54) is 16.8 Å². The lowest BCUT2D eigenvalue weighted by Gasteiger charge is -2.21. The molecular weight excluding hydrogens is 352 g/mol. The molecule has 0 aliphatic rings.